The van der Waals surface area contributed by atoms with Crippen LogP contribution >= 0.6 is 0 Å². The van der Waals surface area contributed by atoms with E-state index in [1.54, 1.807) is 30.5 Å². The zero-order valence-electron chi connectivity index (χ0n) is 19.8. The number of nitrogens with one attached hydrogen (secondary N) is 1. The topological polar surface area (TPSA) is 85.7 Å². The van der Waals surface area contributed by atoms with Gasteiger partial charge in [-0.05, 0) is 40.8 Å². The highest BCUT2D eigenvalue weighted by molar-refractivity contribution is 7.86. The fourth-order valence-electron chi connectivity index (χ4n) is 4.47. The van der Waals surface area contributed by atoms with Crippen molar-refractivity contribution < 1.29 is 27.1 Å². The van der Waals surface area contributed by atoms with Gasteiger partial charge in [0.25, 0.3) is 5.91 Å². The Morgan fingerprint density at radius 3 is 2.33 bits per heavy atom. The van der Waals surface area contributed by atoms with E-state index in [2.05, 4.69) is 29.0 Å². The van der Waals surface area contributed by atoms with Crippen LogP contribution in [0.2, 0.25) is 0 Å². The molecule has 0 spiro atoms. The number of halogens is 3. The smallest absolute Gasteiger partial charge is 0.348 e. The van der Waals surface area contributed by atoms with Crippen LogP contribution in [0.4, 0.5) is 13.2 Å². The van der Waals surface area contributed by atoms with Crippen molar-refractivity contribution in [1.29, 1.82) is 0 Å². The Balaban J connectivity index is 1.45. The van der Waals surface area contributed by atoms with Crippen LogP contribution in [0.3, 0.4) is 0 Å². The van der Waals surface area contributed by atoms with Crippen molar-refractivity contribution in [3.63, 3.8) is 0 Å². The van der Waals surface area contributed by atoms with Gasteiger partial charge in [-0.25, -0.2) is 0 Å². The monoisotopic (exact) mass is 518 g/mol. The molecule has 0 saturated heterocycles. The van der Waals surface area contributed by atoms with E-state index in [4.69, 9.17) is 0 Å². The number of carbonyl (C=O) groups excluding carboxylic acids is 1. The zero-order valence-corrected chi connectivity index (χ0v) is 20.6. The van der Waals surface area contributed by atoms with Crippen molar-refractivity contribution in [3.05, 3.63) is 94.3 Å². The summed E-state index contributed by atoms with van der Waals surface area (Å²) in [6.07, 6.45) is -2.81. The van der Waals surface area contributed by atoms with Crippen LogP contribution in [0.25, 0.3) is 0 Å². The van der Waals surface area contributed by atoms with Gasteiger partial charge in [0.05, 0.1) is 22.9 Å². The molecule has 2 aromatic carbocycles. The Morgan fingerprint density at radius 1 is 1.11 bits per heavy atom. The van der Waals surface area contributed by atoms with Crippen LogP contribution in [0.1, 0.15) is 58.2 Å². The van der Waals surface area contributed by atoms with E-state index < -0.39 is 23.2 Å². The normalized spacial score (nSPS) is 16.0. The molecule has 36 heavy (non-hydrogen) atoms. The molecule has 1 aromatic heterocycles. The van der Waals surface area contributed by atoms with E-state index >= 15 is 0 Å². The molecule has 6 nitrogen and oxygen atoms in total. The first-order chi connectivity index (χ1) is 17.0. The van der Waals surface area contributed by atoms with Crippen LogP contribution in [-0.2, 0) is 37.3 Å². The Hall–Kier alpha value is -2.92. The van der Waals surface area contributed by atoms with E-state index in [9.17, 15) is 27.1 Å². The number of aromatic nitrogens is 1. The van der Waals surface area contributed by atoms with Gasteiger partial charge >= 0.3 is 17.6 Å². The average Bonchev–Trinajstić information content (AvgIpc) is 3.19. The number of fused-ring (bicyclic) bond motifs is 1. The van der Waals surface area contributed by atoms with Crippen molar-refractivity contribution in [2.45, 2.75) is 50.6 Å². The van der Waals surface area contributed by atoms with E-state index in [1.165, 1.54) is 12.1 Å². The lowest BCUT2D eigenvalue weighted by molar-refractivity contribution is -0.137. The lowest BCUT2D eigenvalue weighted by atomic mass is 9.99. The standard InChI is InChI=1S/C26H26F3N3O3S/c1-16(2)24-23-20(15-32(24)14-18-3-7-21(8-4-18)26(27,28)29)11-19(13-30-23)25(33)31-12-17-5-9-22(10-6-17)36(34)35/h3-11,13,16,24,34-35H,12,14-15H2,1-2H3/p+1/t24-/m0/s1. The summed E-state index contributed by atoms with van der Waals surface area (Å²) in [6.45, 7) is 5.43. The molecule has 3 N–H and O–H groups in total. The summed E-state index contributed by atoms with van der Waals surface area (Å²) in [5.74, 6) is -0.0605. The van der Waals surface area contributed by atoms with Gasteiger partial charge in [0.15, 0.2) is 0 Å². The van der Waals surface area contributed by atoms with E-state index in [0.29, 0.717) is 23.5 Å². The molecule has 3 aromatic rings. The number of amides is 1. The van der Waals surface area contributed by atoms with Crippen molar-refractivity contribution >= 4 is 17.4 Å². The van der Waals surface area contributed by atoms with E-state index in [-0.39, 0.29) is 24.4 Å². The van der Waals surface area contributed by atoms with Crippen LogP contribution in [0.5, 0.6) is 0 Å². The van der Waals surface area contributed by atoms with E-state index in [1.807, 2.05) is 6.07 Å². The number of nitrogens with zero attached hydrogens (tertiary/aromatic N) is 2. The maximum Gasteiger partial charge on any atom is 0.416 e. The molecule has 0 bridgehead atoms. The van der Waals surface area contributed by atoms with Gasteiger partial charge in [-0.2, -0.15) is 22.3 Å². The Labute approximate surface area is 210 Å². The Morgan fingerprint density at radius 2 is 1.75 bits per heavy atom. The lowest BCUT2D eigenvalue weighted by Crippen LogP contribution is -2.25. The molecule has 1 aliphatic rings. The van der Waals surface area contributed by atoms with Crippen LogP contribution in [-0.4, -0.2) is 24.9 Å². The summed E-state index contributed by atoms with van der Waals surface area (Å²) in [5, 5.41) is 2.85. The maximum absolute atomic E-state index is 12.9. The first-order valence-electron chi connectivity index (χ1n) is 11.4. The average molecular weight is 519 g/mol. The molecule has 0 saturated carbocycles. The largest absolute Gasteiger partial charge is 0.416 e. The third kappa shape index (κ3) is 5.89. The highest BCUT2D eigenvalue weighted by Gasteiger charge is 2.35. The van der Waals surface area contributed by atoms with Crippen molar-refractivity contribution in [1.82, 2.24) is 15.2 Å². The second-order valence-corrected chi connectivity index (χ2v) is 10.1. The predicted octanol–water partition coefficient (Wildman–Crippen LogP) is 5.67. The zero-order chi connectivity index (χ0) is 26.0. The van der Waals surface area contributed by atoms with Crippen molar-refractivity contribution in [3.8, 4) is 0 Å². The lowest BCUT2D eigenvalue weighted by Gasteiger charge is -2.27. The number of hydrogen-bond acceptors (Lipinski definition) is 5. The summed E-state index contributed by atoms with van der Waals surface area (Å²) in [5.41, 5.74) is 3.16. The van der Waals surface area contributed by atoms with Gasteiger partial charge in [0, 0.05) is 38.0 Å². The van der Waals surface area contributed by atoms with Gasteiger partial charge in [-0.15, -0.1) is 0 Å². The molecular weight excluding hydrogens is 491 g/mol. The molecule has 0 radical (unpaired) electrons. The molecule has 1 atom stereocenters. The molecule has 190 valence electrons. The molecule has 1 amide bonds. The third-order valence-corrected chi connectivity index (χ3v) is 6.89. The third-order valence-electron chi connectivity index (χ3n) is 6.20. The number of pyridine rings is 1. The summed E-state index contributed by atoms with van der Waals surface area (Å²) in [7, 11) is 0. The van der Waals surface area contributed by atoms with Gasteiger partial charge in [0.1, 0.15) is 0 Å². The second kappa shape index (κ2) is 10.6. The summed E-state index contributed by atoms with van der Waals surface area (Å²) >= 11 is -1.80. The van der Waals surface area contributed by atoms with Gasteiger partial charge < -0.3 is 5.32 Å². The number of benzene rings is 2. The van der Waals surface area contributed by atoms with E-state index in [0.717, 1.165) is 34.5 Å². The van der Waals surface area contributed by atoms with Gasteiger partial charge in [0.2, 0.25) is 4.90 Å². The highest BCUT2D eigenvalue weighted by Crippen LogP contribution is 2.39. The summed E-state index contributed by atoms with van der Waals surface area (Å²) in [6, 6.07) is 13.6. The van der Waals surface area contributed by atoms with Gasteiger partial charge in [-0.1, -0.05) is 38.1 Å². The minimum Gasteiger partial charge on any atom is -0.348 e. The molecule has 4 rings (SSSR count). The quantitative estimate of drug-likeness (QED) is 0.351. The summed E-state index contributed by atoms with van der Waals surface area (Å²) in [4.78, 5) is 19.9. The number of rotatable bonds is 7. The van der Waals surface area contributed by atoms with Crippen LogP contribution in [0, 0.1) is 5.92 Å². The first kappa shape index (κ1) is 26.2. The first-order valence-corrected chi connectivity index (χ1v) is 12.6. The highest BCUT2D eigenvalue weighted by atomic mass is 32.2. The molecule has 1 aliphatic heterocycles. The Bertz CT molecular complexity index is 1220. The summed E-state index contributed by atoms with van der Waals surface area (Å²) < 4.78 is 57.1. The molecule has 10 heteroatoms. The van der Waals surface area contributed by atoms with Gasteiger partial charge in [-0.3, -0.25) is 14.7 Å². The van der Waals surface area contributed by atoms with Crippen LogP contribution < -0.4 is 5.32 Å². The van der Waals surface area contributed by atoms with Crippen molar-refractivity contribution in [2.75, 3.05) is 0 Å². The fourth-order valence-corrected chi connectivity index (χ4v) is 4.85. The number of carbonyl (C=O) groups is 1. The minimum absolute atomic E-state index is 0.0134. The molecule has 0 unspecified atom stereocenters. The number of alkyl halides is 3. The predicted molar refractivity (Wildman–Crippen MR) is 131 cm³/mol. The minimum atomic E-state index is -4.37. The Kier molecular flexibility index (Phi) is 7.70. The molecule has 0 fully saturated rings. The maximum atomic E-state index is 12.9. The van der Waals surface area contributed by atoms with Crippen molar-refractivity contribution in [2.24, 2.45) is 5.92 Å². The second-order valence-electron chi connectivity index (χ2n) is 9.15. The molecule has 2 heterocycles. The molecular formula is C26H27F3N3O3S+. The fraction of sp³-hybridized carbons (Fsp3) is 0.308. The van der Waals surface area contributed by atoms with Crippen LogP contribution in [0.15, 0.2) is 65.7 Å². The SMILES string of the molecule is CC(C)[C@H]1c2ncc(C(=O)NCc3ccc([S+](O)O)cc3)cc2CN1Cc1ccc(C(F)(F)F)cc1. The number of hydrogen-bond donors (Lipinski definition) is 3. The molecule has 0 aliphatic carbocycles.